The lowest BCUT2D eigenvalue weighted by Gasteiger charge is -2.24. The highest BCUT2D eigenvalue weighted by Crippen LogP contribution is 2.25. The van der Waals surface area contributed by atoms with Gasteiger partial charge in [0.1, 0.15) is 5.75 Å². The molecule has 0 aliphatic heterocycles. The third kappa shape index (κ3) is 3.35. The number of fused-ring (bicyclic) bond motifs is 1. The second-order valence-electron chi connectivity index (χ2n) is 5.35. The van der Waals surface area contributed by atoms with Crippen LogP contribution in [0.3, 0.4) is 0 Å². The maximum atomic E-state index is 12.7. The van der Waals surface area contributed by atoms with Crippen LogP contribution in [-0.2, 0) is 16.9 Å². The highest BCUT2D eigenvalue weighted by atomic mass is 32.2. The van der Waals surface area contributed by atoms with Gasteiger partial charge >= 0.3 is 5.16 Å². The fraction of sp³-hybridized carbons (Fsp3) is 0.278. The zero-order valence-electron chi connectivity index (χ0n) is 13.5. The van der Waals surface area contributed by atoms with Crippen molar-refractivity contribution < 1.29 is 4.55 Å². The van der Waals surface area contributed by atoms with Crippen LogP contribution >= 0.6 is 0 Å². The molecule has 3 aromatic rings. The van der Waals surface area contributed by atoms with Crippen molar-refractivity contribution in [3.05, 3.63) is 54.1 Å². The lowest BCUT2D eigenvalue weighted by atomic mass is 10.2. The standard InChI is InChI=1S/C18H21N3OS/c1-3-21(4-2)17-12-8-5-9-14(17)13-23(22)18-19-15-10-6-7-11-16(15)20-18/h5-12H,3-4,13H2,1-2H3,(H,19,20). The molecule has 3 rings (SSSR count). The van der Waals surface area contributed by atoms with Crippen LogP contribution in [0.4, 0.5) is 5.69 Å². The Morgan fingerprint density at radius 3 is 2.48 bits per heavy atom. The third-order valence-corrected chi connectivity index (χ3v) is 5.16. The molecule has 0 aliphatic carbocycles. The number of para-hydroxylation sites is 3. The maximum absolute atomic E-state index is 12.7. The van der Waals surface area contributed by atoms with Crippen molar-refractivity contribution in [1.82, 2.24) is 9.97 Å². The van der Waals surface area contributed by atoms with Gasteiger partial charge in [-0.05, 0) is 32.0 Å². The Hall–Kier alpha value is -1.98. The molecule has 0 spiro atoms. The molecule has 5 heteroatoms. The number of H-pyrrole nitrogens is 1. The van der Waals surface area contributed by atoms with Crippen molar-refractivity contribution in [2.24, 2.45) is 0 Å². The average molecular weight is 327 g/mol. The minimum Gasteiger partial charge on any atom is -0.609 e. The first kappa shape index (κ1) is 15.9. The maximum Gasteiger partial charge on any atom is 0.321 e. The largest absolute Gasteiger partial charge is 0.609 e. The van der Waals surface area contributed by atoms with Gasteiger partial charge in [-0.15, -0.1) is 0 Å². The lowest BCUT2D eigenvalue weighted by Crippen LogP contribution is -2.23. The number of aromatic amines is 1. The summed E-state index contributed by atoms with van der Waals surface area (Å²) in [4.78, 5) is 9.90. The predicted molar refractivity (Wildman–Crippen MR) is 96.2 cm³/mol. The quantitative estimate of drug-likeness (QED) is 0.702. The van der Waals surface area contributed by atoms with E-state index in [9.17, 15) is 4.55 Å². The number of nitrogens with one attached hydrogen (secondary N) is 1. The molecule has 0 amide bonds. The molecule has 120 valence electrons. The van der Waals surface area contributed by atoms with Crippen molar-refractivity contribution in [1.29, 1.82) is 0 Å². The van der Waals surface area contributed by atoms with Gasteiger partial charge in [-0.25, -0.2) is 0 Å². The van der Waals surface area contributed by atoms with Gasteiger partial charge in [0.05, 0.1) is 11.0 Å². The normalized spacial score (nSPS) is 12.5. The first-order chi connectivity index (χ1) is 11.2. The summed E-state index contributed by atoms with van der Waals surface area (Å²) in [6.07, 6.45) is 0. The Balaban J connectivity index is 1.86. The monoisotopic (exact) mass is 327 g/mol. The van der Waals surface area contributed by atoms with Gasteiger partial charge in [0.2, 0.25) is 0 Å². The molecule has 1 heterocycles. The number of anilines is 1. The van der Waals surface area contributed by atoms with E-state index in [2.05, 4.69) is 34.8 Å². The van der Waals surface area contributed by atoms with E-state index in [4.69, 9.17) is 0 Å². The summed E-state index contributed by atoms with van der Waals surface area (Å²) in [6.45, 7) is 6.14. The molecule has 23 heavy (non-hydrogen) atoms. The second-order valence-corrected chi connectivity index (χ2v) is 6.72. The predicted octanol–water partition coefficient (Wildman–Crippen LogP) is 3.72. The molecular weight excluding hydrogens is 306 g/mol. The molecule has 1 N–H and O–H groups in total. The van der Waals surface area contributed by atoms with E-state index in [-0.39, 0.29) is 0 Å². The van der Waals surface area contributed by atoms with Gasteiger partial charge in [0.25, 0.3) is 0 Å². The minimum atomic E-state index is -1.19. The number of benzene rings is 2. The van der Waals surface area contributed by atoms with Crippen LogP contribution in [0, 0.1) is 0 Å². The van der Waals surface area contributed by atoms with E-state index in [1.807, 2.05) is 42.5 Å². The van der Waals surface area contributed by atoms with Crippen LogP contribution in [-0.4, -0.2) is 27.6 Å². The number of aromatic nitrogens is 2. The zero-order valence-corrected chi connectivity index (χ0v) is 14.3. The minimum absolute atomic E-state index is 0.465. The Morgan fingerprint density at radius 2 is 1.74 bits per heavy atom. The molecule has 4 nitrogen and oxygen atoms in total. The fourth-order valence-electron chi connectivity index (χ4n) is 2.75. The van der Waals surface area contributed by atoms with Crippen LogP contribution in [0.25, 0.3) is 11.0 Å². The third-order valence-electron chi connectivity index (χ3n) is 3.97. The van der Waals surface area contributed by atoms with Crippen molar-refractivity contribution in [3.8, 4) is 0 Å². The molecule has 2 aromatic carbocycles. The van der Waals surface area contributed by atoms with Gasteiger partial charge in [-0.1, -0.05) is 30.3 Å². The Bertz CT molecular complexity index is 750. The van der Waals surface area contributed by atoms with Crippen LogP contribution in [0.1, 0.15) is 19.4 Å². The fourth-order valence-corrected chi connectivity index (χ4v) is 3.84. The Morgan fingerprint density at radius 1 is 1.04 bits per heavy atom. The van der Waals surface area contributed by atoms with Gasteiger partial charge in [0, 0.05) is 35.5 Å². The van der Waals surface area contributed by atoms with Crippen molar-refractivity contribution in [2.75, 3.05) is 18.0 Å². The Kier molecular flexibility index (Phi) is 4.88. The summed E-state index contributed by atoms with van der Waals surface area (Å²) >= 11 is -1.19. The molecule has 0 bridgehead atoms. The van der Waals surface area contributed by atoms with E-state index in [0.717, 1.165) is 35.4 Å². The number of rotatable bonds is 6. The Labute approximate surface area is 139 Å². The highest BCUT2D eigenvalue weighted by molar-refractivity contribution is 7.90. The lowest BCUT2D eigenvalue weighted by molar-refractivity contribution is 0.587. The number of nitrogens with zero attached hydrogens (tertiary/aromatic N) is 2. The van der Waals surface area contributed by atoms with Gasteiger partial charge < -0.3 is 9.45 Å². The summed E-state index contributed by atoms with van der Waals surface area (Å²) in [5.74, 6) is 0.465. The molecule has 0 aliphatic rings. The molecule has 1 unspecified atom stereocenters. The first-order valence-corrected chi connectivity index (χ1v) is 9.20. The molecule has 0 saturated carbocycles. The van der Waals surface area contributed by atoms with Gasteiger partial charge in [-0.2, -0.15) is 4.98 Å². The van der Waals surface area contributed by atoms with Crippen LogP contribution < -0.4 is 4.90 Å². The van der Waals surface area contributed by atoms with Crippen molar-refractivity contribution >= 4 is 27.9 Å². The highest BCUT2D eigenvalue weighted by Gasteiger charge is 2.19. The van der Waals surface area contributed by atoms with Crippen molar-refractivity contribution in [3.63, 3.8) is 0 Å². The first-order valence-electron chi connectivity index (χ1n) is 7.89. The average Bonchev–Trinajstić information content (AvgIpc) is 3.02. The van der Waals surface area contributed by atoms with Crippen molar-refractivity contribution in [2.45, 2.75) is 24.8 Å². The van der Waals surface area contributed by atoms with Crippen LogP contribution in [0.5, 0.6) is 0 Å². The SMILES string of the molecule is CCN(CC)c1ccccc1C[S+]([O-])c1nc2ccccc2[nH]1. The number of hydrogen-bond donors (Lipinski definition) is 1. The van der Waals surface area contributed by atoms with Gasteiger partial charge in [0.15, 0.2) is 0 Å². The summed E-state index contributed by atoms with van der Waals surface area (Å²) in [7, 11) is 0. The molecule has 0 saturated heterocycles. The summed E-state index contributed by atoms with van der Waals surface area (Å²) in [6, 6.07) is 15.9. The van der Waals surface area contributed by atoms with Crippen LogP contribution in [0.15, 0.2) is 53.7 Å². The summed E-state index contributed by atoms with van der Waals surface area (Å²) in [5.41, 5.74) is 4.03. The molecular formula is C18H21N3OS. The van der Waals surface area contributed by atoms with Crippen LogP contribution in [0.2, 0.25) is 0 Å². The molecule has 0 radical (unpaired) electrons. The zero-order chi connectivity index (χ0) is 16.2. The number of imidazole rings is 1. The smallest absolute Gasteiger partial charge is 0.321 e. The van der Waals surface area contributed by atoms with E-state index in [1.54, 1.807) is 0 Å². The van der Waals surface area contributed by atoms with E-state index < -0.39 is 11.2 Å². The van der Waals surface area contributed by atoms with E-state index >= 15 is 0 Å². The van der Waals surface area contributed by atoms with E-state index in [0.29, 0.717) is 10.9 Å². The topological polar surface area (TPSA) is 55.0 Å². The second kappa shape index (κ2) is 7.06. The summed E-state index contributed by atoms with van der Waals surface area (Å²) in [5, 5.41) is 0.542. The molecule has 1 atom stereocenters. The molecule has 0 fully saturated rings. The number of hydrogen-bond acceptors (Lipinski definition) is 3. The van der Waals surface area contributed by atoms with E-state index in [1.165, 1.54) is 0 Å². The van der Waals surface area contributed by atoms with Gasteiger partial charge in [-0.3, -0.25) is 4.98 Å². The summed E-state index contributed by atoms with van der Waals surface area (Å²) < 4.78 is 12.7. The molecule has 1 aromatic heterocycles.